The van der Waals surface area contributed by atoms with E-state index in [1.165, 1.54) is 32.0 Å². The second kappa shape index (κ2) is 5.50. The quantitative estimate of drug-likeness (QED) is 0.631. The van der Waals surface area contributed by atoms with Crippen LogP contribution in [0.5, 0.6) is 0 Å². The fourth-order valence-electron chi connectivity index (χ4n) is 2.57. The van der Waals surface area contributed by atoms with Crippen molar-refractivity contribution < 1.29 is 4.79 Å². The van der Waals surface area contributed by atoms with Crippen LogP contribution in [0.4, 0.5) is 0 Å². The maximum atomic E-state index is 11.2. The van der Waals surface area contributed by atoms with Gasteiger partial charge in [-0.2, -0.15) is 0 Å². The van der Waals surface area contributed by atoms with Crippen molar-refractivity contribution in [2.45, 2.75) is 45.4 Å². The van der Waals surface area contributed by atoms with Crippen molar-refractivity contribution in [3.05, 3.63) is 0 Å². The van der Waals surface area contributed by atoms with Crippen molar-refractivity contribution in [3.8, 4) is 0 Å². The predicted octanol–water partition coefficient (Wildman–Crippen LogP) is 2.48. The van der Waals surface area contributed by atoms with E-state index in [0.717, 1.165) is 25.9 Å². The molecule has 0 heterocycles. The number of hydrogen-bond acceptors (Lipinski definition) is 2. The van der Waals surface area contributed by atoms with Gasteiger partial charge in [0.15, 0.2) is 0 Å². The summed E-state index contributed by atoms with van der Waals surface area (Å²) in [7, 11) is 2.13. The van der Waals surface area contributed by atoms with Gasteiger partial charge in [0.25, 0.3) is 0 Å². The first kappa shape index (κ1) is 11.7. The van der Waals surface area contributed by atoms with Crippen molar-refractivity contribution in [2.75, 3.05) is 20.1 Å². The van der Waals surface area contributed by atoms with Crippen LogP contribution in [0.25, 0.3) is 0 Å². The Bertz CT molecular complexity index is 173. The second-order valence-corrected chi connectivity index (χ2v) is 4.78. The smallest absolute Gasteiger partial charge is 0.127 e. The van der Waals surface area contributed by atoms with Crippen molar-refractivity contribution in [1.29, 1.82) is 0 Å². The molecule has 0 unspecified atom stereocenters. The Hall–Kier alpha value is -0.370. The van der Waals surface area contributed by atoms with Crippen LogP contribution < -0.4 is 0 Å². The Labute approximate surface area is 87.7 Å². The van der Waals surface area contributed by atoms with E-state index in [9.17, 15) is 4.79 Å². The number of carbonyl (C=O) groups is 1. The zero-order chi connectivity index (χ0) is 10.4. The van der Waals surface area contributed by atoms with E-state index >= 15 is 0 Å². The molecule has 0 atom stereocenters. The minimum absolute atomic E-state index is 0.0117. The molecule has 2 nitrogen and oxygen atoms in total. The number of rotatable bonds is 5. The molecule has 0 saturated heterocycles. The molecule has 0 N–H and O–H groups in total. The van der Waals surface area contributed by atoms with Gasteiger partial charge >= 0.3 is 0 Å². The third kappa shape index (κ3) is 3.09. The Balaban J connectivity index is 2.46. The van der Waals surface area contributed by atoms with Crippen LogP contribution in [0.2, 0.25) is 0 Å². The van der Waals surface area contributed by atoms with Crippen LogP contribution in [0.1, 0.15) is 45.4 Å². The molecule has 0 bridgehead atoms. The maximum Gasteiger partial charge on any atom is 0.127 e. The summed E-state index contributed by atoms with van der Waals surface area (Å²) < 4.78 is 0. The van der Waals surface area contributed by atoms with Gasteiger partial charge in [-0.15, -0.1) is 0 Å². The van der Waals surface area contributed by atoms with Crippen LogP contribution in [-0.2, 0) is 4.79 Å². The molecular weight excluding hydrogens is 174 g/mol. The molecule has 0 aliphatic heterocycles. The van der Waals surface area contributed by atoms with Crippen LogP contribution in [-0.4, -0.2) is 31.3 Å². The monoisotopic (exact) mass is 197 g/mol. The van der Waals surface area contributed by atoms with Gasteiger partial charge in [0, 0.05) is 12.0 Å². The number of hydrogen-bond donors (Lipinski definition) is 0. The first-order chi connectivity index (χ1) is 6.72. The van der Waals surface area contributed by atoms with E-state index < -0.39 is 0 Å². The molecule has 1 aliphatic carbocycles. The van der Waals surface area contributed by atoms with E-state index in [4.69, 9.17) is 0 Å². The van der Waals surface area contributed by atoms with Gasteiger partial charge in [0.1, 0.15) is 6.29 Å². The summed E-state index contributed by atoms with van der Waals surface area (Å²) >= 11 is 0. The van der Waals surface area contributed by atoms with Gasteiger partial charge in [-0.25, -0.2) is 0 Å². The summed E-state index contributed by atoms with van der Waals surface area (Å²) in [6.07, 6.45) is 8.38. The third-order valence-corrected chi connectivity index (χ3v) is 3.29. The van der Waals surface area contributed by atoms with E-state index in [-0.39, 0.29) is 5.41 Å². The summed E-state index contributed by atoms with van der Waals surface area (Å²) in [6.45, 7) is 4.25. The Morgan fingerprint density at radius 1 is 1.29 bits per heavy atom. The van der Waals surface area contributed by atoms with Gasteiger partial charge in [-0.05, 0) is 32.9 Å². The molecule has 0 aromatic rings. The normalized spacial score (nSPS) is 21.1. The maximum absolute atomic E-state index is 11.2. The number of carbonyl (C=O) groups excluding carboxylic acids is 1. The lowest BCUT2D eigenvalue weighted by atomic mass is 9.75. The fourth-order valence-corrected chi connectivity index (χ4v) is 2.57. The molecule has 1 rings (SSSR count). The zero-order valence-corrected chi connectivity index (χ0v) is 9.59. The summed E-state index contributed by atoms with van der Waals surface area (Å²) in [6, 6.07) is 0. The van der Waals surface area contributed by atoms with Crippen LogP contribution >= 0.6 is 0 Å². The molecule has 1 fully saturated rings. The van der Waals surface area contributed by atoms with Crippen molar-refractivity contribution >= 4 is 6.29 Å². The summed E-state index contributed by atoms with van der Waals surface area (Å²) in [5.74, 6) is 0. The Morgan fingerprint density at radius 2 is 1.93 bits per heavy atom. The van der Waals surface area contributed by atoms with Gasteiger partial charge in [-0.3, -0.25) is 0 Å². The largest absolute Gasteiger partial charge is 0.305 e. The van der Waals surface area contributed by atoms with Gasteiger partial charge in [0.2, 0.25) is 0 Å². The topological polar surface area (TPSA) is 20.3 Å². The highest BCUT2D eigenvalue weighted by Gasteiger charge is 2.32. The summed E-state index contributed by atoms with van der Waals surface area (Å²) in [4.78, 5) is 13.5. The van der Waals surface area contributed by atoms with Crippen LogP contribution in [0.3, 0.4) is 0 Å². The van der Waals surface area contributed by atoms with Crippen molar-refractivity contribution in [1.82, 2.24) is 4.90 Å². The first-order valence-corrected chi connectivity index (χ1v) is 5.87. The molecule has 1 aliphatic rings. The SMILES string of the molecule is CCCN(C)CC1(C=O)CCCCC1. The average molecular weight is 197 g/mol. The highest BCUT2D eigenvalue weighted by atomic mass is 16.1. The molecule has 0 spiro atoms. The second-order valence-electron chi connectivity index (χ2n) is 4.78. The predicted molar refractivity (Wildman–Crippen MR) is 59.4 cm³/mol. The van der Waals surface area contributed by atoms with E-state index in [1.807, 2.05) is 0 Å². The van der Waals surface area contributed by atoms with Gasteiger partial charge < -0.3 is 9.69 Å². The lowest BCUT2D eigenvalue weighted by Crippen LogP contribution is -2.38. The molecule has 0 amide bonds. The number of aldehydes is 1. The van der Waals surface area contributed by atoms with Gasteiger partial charge in [0.05, 0.1) is 0 Å². The molecule has 0 radical (unpaired) electrons. The zero-order valence-electron chi connectivity index (χ0n) is 9.59. The molecule has 0 aromatic carbocycles. The van der Waals surface area contributed by atoms with E-state index in [2.05, 4.69) is 18.9 Å². The minimum atomic E-state index is -0.0117. The lowest BCUT2D eigenvalue weighted by molar-refractivity contribution is -0.118. The summed E-state index contributed by atoms with van der Waals surface area (Å²) in [5, 5.41) is 0. The Kier molecular flexibility index (Phi) is 4.59. The molecule has 82 valence electrons. The van der Waals surface area contributed by atoms with E-state index in [1.54, 1.807) is 0 Å². The van der Waals surface area contributed by atoms with Crippen LogP contribution in [0.15, 0.2) is 0 Å². The first-order valence-electron chi connectivity index (χ1n) is 5.87. The van der Waals surface area contributed by atoms with Crippen molar-refractivity contribution in [2.24, 2.45) is 5.41 Å². The average Bonchev–Trinajstić information content (AvgIpc) is 2.19. The van der Waals surface area contributed by atoms with Crippen molar-refractivity contribution in [3.63, 3.8) is 0 Å². The Morgan fingerprint density at radius 3 is 2.43 bits per heavy atom. The standard InChI is InChI=1S/C12H23NO/c1-3-9-13(2)10-12(11-14)7-5-4-6-8-12/h11H,3-10H2,1-2H3. The fraction of sp³-hybridized carbons (Fsp3) is 0.917. The van der Waals surface area contributed by atoms with Gasteiger partial charge in [-0.1, -0.05) is 26.2 Å². The minimum Gasteiger partial charge on any atom is -0.305 e. The molecule has 1 saturated carbocycles. The van der Waals surface area contributed by atoms with E-state index in [0.29, 0.717) is 0 Å². The highest BCUT2D eigenvalue weighted by molar-refractivity contribution is 5.59. The number of nitrogens with zero attached hydrogens (tertiary/aromatic N) is 1. The highest BCUT2D eigenvalue weighted by Crippen LogP contribution is 2.34. The molecule has 14 heavy (non-hydrogen) atoms. The third-order valence-electron chi connectivity index (χ3n) is 3.29. The van der Waals surface area contributed by atoms with Crippen LogP contribution in [0, 0.1) is 5.41 Å². The molecule has 0 aromatic heterocycles. The summed E-state index contributed by atoms with van der Waals surface area (Å²) in [5.41, 5.74) is -0.0117. The molecule has 2 heteroatoms. The lowest BCUT2D eigenvalue weighted by Gasteiger charge is -2.35. The molecular formula is C12H23NO.